The highest BCUT2D eigenvalue weighted by Crippen LogP contribution is 2.09. The Morgan fingerprint density at radius 1 is 0.957 bits per heavy atom. The van der Waals surface area contributed by atoms with Gasteiger partial charge in [-0.05, 0) is 43.4 Å². The van der Waals surface area contributed by atoms with Gasteiger partial charge in [0.15, 0.2) is 0 Å². The Morgan fingerprint density at radius 3 is 2.35 bits per heavy atom. The van der Waals surface area contributed by atoms with Crippen molar-refractivity contribution in [2.24, 2.45) is 0 Å². The molecule has 0 bridgehead atoms. The Balaban J connectivity index is 2.16. The fraction of sp³-hybridized carbons (Fsp3) is 0.571. The van der Waals surface area contributed by atoms with Crippen molar-refractivity contribution in [3.63, 3.8) is 0 Å². The molecule has 2 nitrogen and oxygen atoms in total. The number of carboxylic acid groups (broad SMARTS) is 1. The molecule has 0 saturated carbocycles. The summed E-state index contributed by atoms with van der Waals surface area (Å²) in [5, 5.41) is 8.55. The summed E-state index contributed by atoms with van der Waals surface area (Å²) in [6.45, 7) is 2.24. The number of carboxylic acids is 1. The van der Waals surface area contributed by atoms with Crippen molar-refractivity contribution in [2.75, 3.05) is 0 Å². The third kappa shape index (κ3) is 10.6. The molecule has 0 fully saturated rings. The van der Waals surface area contributed by atoms with Crippen LogP contribution in [0.1, 0.15) is 82.3 Å². The molecule has 1 rings (SSSR count). The second-order valence-electron chi connectivity index (χ2n) is 6.12. The molecule has 0 aromatic heterocycles. The SMILES string of the molecule is CCCCCCc1ccc(C#CCCCCCCC(=O)O)cc1. The molecule has 23 heavy (non-hydrogen) atoms. The Bertz CT molecular complexity index is 491. The van der Waals surface area contributed by atoms with Crippen molar-refractivity contribution in [1.29, 1.82) is 0 Å². The molecule has 0 saturated heterocycles. The summed E-state index contributed by atoms with van der Waals surface area (Å²) >= 11 is 0. The lowest BCUT2D eigenvalue weighted by Gasteiger charge is -2.01. The van der Waals surface area contributed by atoms with Crippen LogP contribution in [0, 0.1) is 11.8 Å². The van der Waals surface area contributed by atoms with E-state index in [9.17, 15) is 4.79 Å². The van der Waals surface area contributed by atoms with Crippen LogP contribution in [0.2, 0.25) is 0 Å². The predicted octanol–water partition coefficient (Wildman–Crippen LogP) is 5.59. The van der Waals surface area contributed by atoms with Crippen LogP contribution in [-0.2, 0) is 11.2 Å². The van der Waals surface area contributed by atoms with E-state index in [-0.39, 0.29) is 6.42 Å². The highest BCUT2D eigenvalue weighted by molar-refractivity contribution is 5.66. The van der Waals surface area contributed by atoms with E-state index in [1.54, 1.807) is 0 Å². The molecule has 1 aromatic carbocycles. The van der Waals surface area contributed by atoms with Crippen LogP contribution in [0.25, 0.3) is 0 Å². The number of hydrogen-bond donors (Lipinski definition) is 1. The number of carbonyl (C=O) groups is 1. The average molecular weight is 314 g/mol. The molecular weight excluding hydrogens is 284 g/mol. The van der Waals surface area contributed by atoms with Crippen LogP contribution >= 0.6 is 0 Å². The lowest BCUT2D eigenvalue weighted by atomic mass is 10.0. The lowest BCUT2D eigenvalue weighted by Crippen LogP contribution is -1.93. The second kappa shape index (κ2) is 12.8. The van der Waals surface area contributed by atoms with Crippen molar-refractivity contribution in [3.05, 3.63) is 35.4 Å². The van der Waals surface area contributed by atoms with Gasteiger partial charge in [0.1, 0.15) is 0 Å². The van der Waals surface area contributed by atoms with Crippen molar-refractivity contribution in [3.8, 4) is 11.8 Å². The number of unbranched alkanes of at least 4 members (excludes halogenated alkanes) is 7. The fourth-order valence-electron chi connectivity index (χ4n) is 2.52. The Hall–Kier alpha value is -1.75. The van der Waals surface area contributed by atoms with Gasteiger partial charge in [0, 0.05) is 18.4 Å². The Kier molecular flexibility index (Phi) is 10.7. The van der Waals surface area contributed by atoms with Gasteiger partial charge in [-0.25, -0.2) is 0 Å². The van der Waals surface area contributed by atoms with Crippen LogP contribution < -0.4 is 0 Å². The topological polar surface area (TPSA) is 37.3 Å². The fourth-order valence-corrected chi connectivity index (χ4v) is 2.52. The number of benzene rings is 1. The normalized spacial score (nSPS) is 10.1. The summed E-state index contributed by atoms with van der Waals surface area (Å²) in [5.74, 6) is 5.73. The molecule has 0 amide bonds. The first kappa shape index (κ1) is 19.3. The molecule has 0 heterocycles. The van der Waals surface area contributed by atoms with E-state index in [4.69, 9.17) is 5.11 Å². The lowest BCUT2D eigenvalue weighted by molar-refractivity contribution is -0.137. The van der Waals surface area contributed by atoms with Gasteiger partial charge in [-0.15, -0.1) is 0 Å². The number of aryl methyl sites for hydroxylation is 1. The van der Waals surface area contributed by atoms with Gasteiger partial charge in [0.25, 0.3) is 0 Å². The standard InChI is InChI=1S/C21H30O2/c1-2-3-4-9-12-19-15-17-20(18-16-19)13-10-7-5-6-8-11-14-21(22)23/h15-18H,2-9,11-12,14H2,1H3,(H,22,23). The Labute approximate surface area is 141 Å². The molecule has 126 valence electrons. The number of aliphatic carboxylic acids is 1. The summed E-state index contributed by atoms with van der Waals surface area (Å²) in [5.41, 5.74) is 2.50. The monoisotopic (exact) mass is 314 g/mol. The van der Waals surface area contributed by atoms with Crippen LogP contribution in [0.3, 0.4) is 0 Å². The minimum atomic E-state index is -0.696. The first-order chi connectivity index (χ1) is 11.2. The van der Waals surface area contributed by atoms with Gasteiger partial charge in [-0.3, -0.25) is 4.79 Å². The van der Waals surface area contributed by atoms with Gasteiger partial charge >= 0.3 is 5.97 Å². The van der Waals surface area contributed by atoms with Crippen molar-refractivity contribution < 1.29 is 9.90 Å². The molecule has 0 radical (unpaired) electrons. The van der Waals surface area contributed by atoms with E-state index < -0.39 is 5.97 Å². The highest BCUT2D eigenvalue weighted by Gasteiger charge is 1.96. The number of hydrogen-bond acceptors (Lipinski definition) is 1. The van der Waals surface area contributed by atoms with Crippen molar-refractivity contribution in [1.82, 2.24) is 0 Å². The summed E-state index contributed by atoms with van der Waals surface area (Å²) in [4.78, 5) is 10.4. The summed E-state index contributed by atoms with van der Waals surface area (Å²) in [7, 11) is 0. The van der Waals surface area contributed by atoms with Crippen LogP contribution in [-0.4, -0.2) is 11.1 Å². The third-order valence-electron chi connectivity index (χ3n) is 3.95. The van der Waals surface area contributed by atoms with Gasteiger partial charge in [-0.2, -0.15) is 0 Å². The molecule has 0 aliphatic heterocycles. The van der Waals surface area contributed by atoms with Crippen molar-refractivity contribution >= 4 is 5.97 Å². The summed E-state index contributed by atoms with van der Waals surface area (Å²) in [6, 6.07) is 8.63. The molecule has 0 aliphatic rings. The first-order valence-corrected chi connectivity index (χ1v) is 9.02. The second-order valence-corrected chi connectivity index (χ2v) is 6.12. The molecule has 1 N–H and O–H groups in total. The van der Waals surface area contributed by atoms with E-state index in [1.165, 1.54) is 37.7 Å². The van der Waals surface area contributed by atoms with E-state index in [2.05, 4.69) is 43.0 Å². The van der Waals surface area contributed by atoms with Gasteiger partial charge in [0.05, 0.1) is 0 Å². The highest BCUT2D eigenvalue weighted by atomic mass is 16.4. The zero-order valence-electron chi connectivity index (χ0n) is 14.4. The van der Waals surface area contributed by atoms with Crippen molar-refractivity contribution in [2.45, 2.75) is 77.6 Å². The van der Waals surface area contributed by atoms with Gasteiger partial charge in [-0.1, -0.05) is 63.0 Å². The van der Waals surface area contributed by atoms with Crippen LogP contribution in [0.4, 0.5) is 0 Å². The van der Waals surface area contributed by atoms with E-state index in [0.717, 1.165) is 37.7 Å². The molecule has 2 heteroatoms. The minimum absolute atomic E-state index is 0.288. The largest absolute Gasteiger partial charge is 0.481 e. The minimum Gasteiger partial charge on any atom is -0.481 e. The smallest absolute Gasteiger partial charge is 0.303 e. The molecular formula is C21H30O2. The van der Waals surface area contributed by atoms with Crippen LogP contribution in [0.15, 0.2) is 24.3 Å². The number of rotatable bonds is 11. The maximum atomic E-state index is 10.4. The molecule has 1 aromatic rings. The summed E-state index contributed by atoms with van der Waals surface area (Å²) < 4.78 is 0. The predicted molar refractivity (Wildman–Crippen MR) is 96.5 cm³/mol. The zero-order valence-corrected chi connectivity index (χ0v) is 14.4. The molecule has 0 aliphatic carbocycles. The molecule has 0 spiro atoms. The van der Waals surface area contributed by atoms with E-state index >= 15 is 0 Å². The maximum Gasteiger partial charge on any atom is 0.303 e. The van der Waals surface area contributed by atoms with E-state index in [0.29, 0.717) is 0 Å². The quantitative estimate of drug-likeness (QED) is 0.427. The molecule has 0 atom stereocenters. The average Bonchev–Trinajstić information content (AvgIpc) is 2.55. The van der Waals surface area contributed by atoms with Gasteiger partial charge in [0.2, 0.25) is 0 Å². The first-order valence-electron chi connectivity index (χ1n) is 9.02. The third-order valence-corrected chi connectivity index (χ3v) is 3.95. The van der Waals surface area contributed by atoms with Gasteiger partial charge < -0.3 is 5.11 Å². The summed E-state index contributed by atoms with van der Waals surface area (Å²) in [6.07, 6.45) is 11.5. The van der Waals surface area contributed by atoms with Crippen LogP contribution in [0.5, 0.6) is 0 Å². The Morgan fingerprint density at radius 2 is 1.65 bits per heavy atom. The zero-order chi connectivity index (χ0) is 16.8. The maximum absolute atomic E-state index is 10.4. The molecule has 0 unspecified atom stereocenters. The van der Waals surface area contributed by atoms with E-state index in [1.807, 2.05) is 0 Å².